The van der Waals surface area contributed by atoms with Crippen LogP contribution in [0.4, 0.5) is 11.4 Å². The summed E-state index contributed by atoms with van der Waals surface area (Å²) in [6.07, 6.45) is 2.23. The van der Waals surface area contributed by atoms with Crippen LogP contribution in [0.1, 0.15) is 24.0 Å². The number of hydrogen-bond donors (Lipinski definition) is 0. The Morgan fingerprint density at radius 3 is 2.40 bits per heavy atom. The lowest BCUT2D eigenvalue weighted by Gasteiger charge is -2.41. The van der Waals surface area contributed by atoms with Crippen LogP contribution in [0.3, 0.4) is 0 Å². The SMILES string of the molecule is CN1CCN(c2ccccc2)CC1CCCOC1Cc2ccccc2N(Cc2ccccc2)C1=O. The molecule has 2 aliphatic heterocycles. The van der Waals surface area contributed by atoms with Crippen molar-refractivity contribution in [2.24, 2.45) is 0 Å². The van der Waals surface area contributed by atoms with Gasteiger partial charge < -0.3 is 14.5 Å². The van der Waals surface area contributed by atoms with E-state index in [2.05, 4.69) is 65.4 Å². The van der Waals surface area contributed by atoms with E-state index in [1.54, 1.807) is 0 Å². The molecular formula is C30H35N3O2. The van der Waals surface area contributed by atoms with E-state index in [-0.39, 0.29) is 5.91 Å². The van der Waals surface area contributed by atoms with E-state index in [0.717, 1.165) is 43.7 Å². The molecule has 5 heteroatoms. The largest absolute Gasteiger partial charge is 0.369 e. The number of carbonyl (C=O) groups is 1. The molecule has 3 aromatic carbocycles. The summed E-state index contributed by atoms with van der Waals surface area (Å²) in [6.45, 7) is 4.32. The van der Waals surface area contributed by atoms with Gasteiger partial charge in [0.05, 0.1) is 6.54 Å². The summed E-state index contributed by atoms with van der Waals surface area (Å²) >= 11 is 0. The van der Waals surface area contributed by atoms with Crippen molar-refractivity contribution >= 4 is 17.3 Å². The predicted octanol–water partition coefficient (Wildman–Crippen LogP) is 4.76. The third-order valence-electron chi connectivity index (χ3n) is 7.31. The van der Waals surface area contributed by atoms with Gasteiger partial charge in [0.15, 0.2) is 0 Å². The second-order valence-corrected chi connectivity index (χ2v) is 9.66. The normalized spacial score (nSPS) is 20.7. The number of piperazine rings is 1. The zero-order valence-electron chi connectivity index (χ0n) is 20.6. The summed E-state index contributed by atoms with van der Waals surface area (Å²) in [4.78, 5) is 20.3. The first-order valence-electron chi connectivity index (χ1n) is 12.7. The smallest absolute Gasteiger partial charge is 0.256 e. The van der Waals surface area contributed by atoms with Crippen LogP contribution >= 0.6 is 0 Å². The minimum atomic E-state index is -0.418. The number of nitrogens with zero attached hydrogens (tertiary/aromatic N) is 3. The van der Waals surface area contributed by atoms with Crippen molar-refractivity contribution in [2.75, 3.05) is 43.1 Å². The molecule has 1 saturated heterocycles. The Bertz CT molecular complexity index is 1100. The van der Waals surface area contributed by atoms with Crippen molar-refractivity contribution in [3.05, 3.63) is 96.1 Å². The third kappa shape index (κ3) is 5.58. The van der Waals surface area contributed by atoms with E-state index in [4.69, 9.17) is 4.74 Å². The van der Waals surface area contributed by atoms with Crippen molar-refractivity contribution in [2.45, 2.75) is 38.0 Å². The maximum Gasteiger partial charge on any atom is 0.256 e. The van der Waals surface area contributed by atoms with E-state index in [0.29, 0.717) is 25.6 Å². The van der Waals surface area contributed by atoms with Gasteiger partial charge in [-0.2, -0.15) is 0 Å². The van der Waals surface area contributed by atoms with Gasteiger partial charge in [-0.15, -0.1) is 0 Å². The fourth-order valence-corrected chi connectivity index (χ4v) is 5.26. The van der Waals surface area contributed by atoms with Crippen LogP contribution in [0.25, 0.3) is 0 Å². The highest BCUT2D eigenvalue weighted by Gasteiger charge is 2.33. The maximum atomic E-state index is 13.4. The van der Waals surface area contributed by atoms with Gasteiger partial charge in [-0.25, -0.2) is 0 Å². The van der Waals surface area contributed by atoms with Crippen LogP contribution in [0.2, 0.25) is 0 Å². The number of hydrogen-bond acceptors (Lipinski definition) is 4. The van der Waals surface area contributed by atoms with Crippen LogP contribution < -0.4 is 9.80 Å². The molecule has 0 radical (unpaired) electrons. The Labute approximate surface area is 208 Å². The number of para-hydroxylation sites is 2. The Kier molecular flexibility index (Phi) is 7.45. The van der Waals surface area contributed by atoms with E-state index >= 15 is 0 Å². The first-order chi connectivity index (χ1) is 17.2. The molecule has 2 unspecified atom stereocenters. The second-order valence-electron chi connectivity index (χ2n) is 9.66. The first kappa shape index (κ1) is 23.6. The highest BCUT2D eigenvalue weighted by molar-refractivity contribution is 5.99. The van der Waals surface area contributed by atoms with Crippen molar-refractivity contribution in [3.63, 3.8) is 0 Å². The Morgan fingerprint density at radius 2 is 1.60 bits per heavy atom. The Balaban J connectivity index is 1.18. The van der Waals surface area contributed by atoms with E-state index in [1.165, 1.54) is 11.3 Å². The van der Waals surface area contributed by atoms with Crippen molar-refractivity contribution in [1.29, 1.82) is 0 Å². The number of likely N-dealkylation sites (N-methyl/N-ethyl adjacent to an activating group) is 1. The summed E-state index contributed by atoms with van der Waals surface area (Å²) in [6, 6.07) is 29.6. The molecule has 5 rings (SSSR count). The average molecular weight is 470 g/mol. The number of fused-ring (bicyclic) bond motifs is 1. The molecule has 2 atom stereocenters. The van der Waals surface area contributed by atoms with Crippen molar-refractivity contribution in [3.8, 4) is 0 Å². The quantitative estimate of drug-likeness (QED) is 0.446. The monoisotopic (exact) mass is 469 g/mol. The summed E-state index contributed by atoms with van der Waals surface area (Å²) < 4.78 is 6.23. The van der Waals surface area contributed by atoms with E-state index in [1.807, 2.05) is 41.3 Å². The molecule has 2 heterocycles. The van der Waals surface area contributed by atoms with Crippen LogP contribution in [-0.4, -0.2) is 56.2 Å². The highest BCUT2D eigenvalue weighted by Crippen LogP contribution is 2.30. The Hall–Kier alpha value is -3.15. The second kappa shape index (κ2) is 11.1. The standard InChI is InChI=1S/C30H35N3O2/c1-31-18-19-32(26-14-6-3-7-15-26)23-27(31)16-10-20-35-29-21-25-13-8-9-17-28(25)33(30(29)34)22-24-11-4-2-5-12-24/h2-9,11-15,17,27,29H,10,16,18-23H2,1H3. The average Bonchev–Trinajstić information content (AvgIpc) is 2.90. The molecule has 0 N–H and O–H groups in total. The summed E-state index contributed by atoms with van der Waals surface area (Å²) in [5.41, 5.74) is 4.61. The molecular weight excluding hydrogens is 434 g/mol. The van der Waals surface area contributed by atoms with Crippen LogP contribution in [0, 0.1) is 0 Å². The molecule has 5 nitrogen and oxygen atoms in total. The van der Waals surface area contributed by atoms with Gasteiger partial charge in [0.25, 0.3) is 5.91 Å². The Morgan fingerprint density at radius 1 is 0.886 bits per heavy atom. The zero-order chi connectivity index (χ0) is 24.0. The number of anilines is 2. The third-order valence-corrected chi connectivity index (χ3v) is 7.31. The van der Waals surface area contributed by atoms with Gasteiger partial charge in [-0.05, 0) is 49.2 Å². The molecule has 182 valence electrons. The molecule has 1 amide bonds. The molecule has 35 heavy (non-hydrogen) atoms. The van der Waals surface area contributed by atoms with Gasteiger partial charge in [0.1, 0.15) is 6.10 Å². The highest BCUT2D eigenvalue weighted by atomic mass is 16.5. The number of carbonyl (C=O) groups excluding carboxylic acids is 1. The number of amides is 1. The van der Waals surface area contributed by atoms with Gasteiger partial charge in [-0.1, -0.05) is 66.7 Å². The molecule has 2 aliphatic rings. The first-order valence-corrected chi connectivity index (χ1v) is 12.7. The number of rotatable bonds is 8. The summed E-state index contributed by atoms with van der Waals surface area (Å²) in [7, 11) is 2.22. The van der Waals surface area contributed by atoms with Crippen molar-refractivity contribution in [1.82, 2.24) is 4.90 Å². The molecule has 0 spiro atoms. The number of ether oxygens (including phenoxy) is 1. The van der Waals surface area contributed by atoms with Gasteiger partial charge >= 0.3 is 0 Å². The topological polar surface area (TPSA) is 36.0 Å². The van der Waals surface area contributed by atoms with Crippen molar-refractivity contribution < 1.29 is 9.53 Å². The lowest BCUT2D eigenvalue weighted by atomic mass is 9.98. The van der Waals surface area contributed by atoms with Gasteiger partial charge in [-0.3, -0.25) is 9.69 Å². The van der Waals surface area contributed by atoms with Crippen LogP contribution in [0.15, 0.2) is 84.9 Å². The lowest BCUT2D eigenvalue weighted by molar-refractivity contribution is -0.131. The minimum Gasteiger partial charge on any atom is -0.369 e. The summed E-state index contributed by atoms with van der Waals surface area (Å²) in [5, 5.41) is 0. The molecule has 1 fully saturated rings. The zero-order valence-corrected chi connectivity index (χ0v) is 20.6. The molecule has 0 aliphatic carbocycles. The lowest BCUT2D eigenvalue weighted by Crippen LogP contribution is -2.51. The molecule has 0 saturated carbocycles. The molecule has 3 aromatic rings. The van der Waals surface area contributed by atoms with E-state index < -0.39 is 6.10 Å². The van der Waals surface area contributed by atoms with Crippen LogP contribution in [0.5, 0.6) is 0 Å². The van der Waals surface area contributed by atoms with Gasteiger partial charge in [0.2, 0.25) is 0 Å². The minimum absolute atomic E-state index is 0.0672. The summed E-state index contributed by atoms with van der Waals surface area (Å²) in [5.74, 6) is 0.0672. The number of benzene rings is 3. The molecule has 0 bridgehead atoms. The van der Waals surface area contributed by atoms with E-state index in [9.17, 15) is 4.79 Å². The van der Waals surface area contributed by atoms with Gasteiger partial charge in [0, 0.05) is 50.1 Å². The fraction of sp³-hybridized carbons (Fsp3) is 0.367. The van der Waals surface area contributed by atoms with Crippen LogP contribution in [-0.2, 0) is 22.5 Å². The molecule has 0 aromatic heterocycles. The fourth-order valence-electron chi connectivity index (χ4n) is 5.26. The maximum absolute atomic E-state index is 13.4. The predicted molar refractivity (Wildman–Crippen MR) is 142 cm³/mol.